The van der Waals surface area contributed by atoms with Gasteiger partial charge in [0.2, 0.25) is 0 Å². The summed E-state index contributed by atoms with van der Waals surface area (Å²) >= 11 is 0. The Labute approximate surface area is 88.3 Å². The van der Waals surface area contributed by atoms with Crippen molar-refractivity contribution in [2.24, 2.45) is 0 Å². The van der Waals surface area contributed by atoms with Crippen LogP contribution in [0.5, 0.6) is 11.5 Å². The second-order valence-electron chi connectivity index (χ2n) is 3.27. The number of Topliss-reactive ketones (excluding diaryl/α,β-unsaturated/α-hetero) is 1. The maximum Gasteiger partial charge on any atom is 0.195 e. The molecule has 1 aliphatic heterocycles. The van der Waals surface area contributed by atoms with Crippen LogP contribution in [0.3, 0.4) is 0 Å². The van der Waals surface area contributed by atoms with E-state index < -0.39 is 0 Å². The summed E-state index contributed by atoms with van der Waals surface area (Å²) in [5, 5.41) is 0. The zero-order chi connectivity index (χ0) is 10.8. The van der Waals surface area contributed by atoms with Crippen LogP contribution in [0, 0.1) is 0 Å². The van der Waals surface area contributed by atoms with E-state index in [-0.39, 0.29) is 5.78 Å². The molecule has 2 rings (SSSR count). The van der Waals surface area contributed by atoms with Crippen molar-refractivity contribution < 1.29 is 14.3 Å². The number of ketones is 1. The predicted octanol–water partition coefficient (Wildman–Crippen LogP) is 2.22. The number of ether oxygens (including phenoxy) is 2. The van der Waals surface area contributed by atoms with Crippen molar-refractivity contribution in [1.82, 2.24) is 0 Å². The fourth-order valence-corrected chi connectivity index (χ4v) is 1.61. The van der Waals surface area contributed by atoms with Crippen LogP contribution in [-0.4, -0.2) is 19.5 Å². The monoisotopic (exact) mass is 204 g/mol. The van der Waals surface area contributed by atoms with E-state index in [0.29, 0.717) is 29.2 Å². The molecule has 0 radical (unpaired) electrons. The molecular formula is C12H12O3. The van der Waals surface area contributed by atoms with E-state index in [9.17, 15) is 4.79 Å². The summed E-state index contributed by atoms with van der Waals surface area (Å²) in [6.07, 6.45) is 1.78. The number of hydrogen-bond donors (Lipinski definition) is 0. The van der Waals surface area contributed by atoms with E-state index >= 15 is 0 Å². The van der Waals surface area contributed by atoms with Crippen LogP contribution in [0.2, 0.25) is 0 Å². The smallest absolute Gasteiger partial charge is 0.195 e. The second-order valence-corrected chi connectivity index (χ2v) is 3.27. The average molecular weight is 204 g/mol. The van der Waals surface area contributed by atoms with Gasteiger partial charge in [0.25, 0.3) is 0 Å². The van der Waals surface area contributed by atoms with E-state index in [2.05, 4.69) is 0 Å². The molecule has 0 N–H and O–H groups in total. The van der Waals surface area contributed by atoms with Gasteiger partial charge in [-0.05, 0) is 19.1 Å². The molecule has 0 aromatic heterocycles. The number of carbonyl (C=O) groups is 1. The van der Waals surface area contributed by atoms with Gasteiger partial charge in [0.05, 0.1) is 12.7 Å². The zero-order valence-corrected chi connectivity index (χ0v) is 8.74. The highest BCUT2D eigenvalue weighted by Gasteiger charge is 2.25. The molecule has 0 fully saturated rings. The summed E-state index contributed by atoms with van der Waals surface area (Å²) < 4.78 is 10.6. The lowest BCUT2D eigenvalue weighted by Crippen LogP contribution is -2.19. The Morgan fingerprint density at radius 3 is 2.93 bits per heavy atom. The largest absolute Gasteiger partial charge is 0.493 e. The van der Waals surface area contributed by atoms with Gasteiger partial charge >= 0.3 is 0 Å². The van der Waals surface area contributed by atoms with Gasteiger partial charge in [0.1, 0.15) is 6.61 Å². The Balaban J connectivity index is 2.54. The fourth-order valence-electron chi connectivity index (χ4n) is 1.61. The number of methoxy groups -OCH3 is 1. The lowest BCUT2D eigenvalue weighted by Gasteiger charge is -2.20. The summed E-state index contributed by atoms with van der Waals surface area (Å²) in [5.41, 5.74) is 1.27. The number of allylic oxidation sites excluding steroid dienone is 1. The van der Waals surface area contributed by atoms with Gasteiger partial charge in [-0.1, -0.05) is 12.1 Å². The molecule has 0 bridgehead atoms. The molecule has 0 unspecified atom stereocenters. The Kier molecular flexibility index (Phi) is 2.46. The SMILES string of the molecule is C/C=C1\COc2c(OC)cccc2C1=O. The van der Waals surface area contributed by atoms with Gasteiger partial charge < -0.3 is 9.47 Å². The van der Waals surface area contributed by atoms with Crippen molar-refractivity contribution in [1.29, 1.82) is 0 Å². The minimum atomic E-state index is 0.0256. The minimum absolute atomic E-state index is 0.0256. The molecule has 1 aromatic carbocycles. The second kappa shape index (κ2) is 3.77. The molecular weight excluding hydrogens is 192 g/mol. The molecule has 1 heterocycles. The van der Waals surface area contributed by atoms with Crippen LogP contribution in [0.15, 0.2) is 29.8 Å². The molecule has 0 saturated heterocycles. The maximum atomic E-state index is 11.9. The third-order valence-electron chi connectivity index (χ3n) is 2.46. The van der Waals surface area contributed by atoms with Crippen molar-refractivity contribution in [3.05, 3.63) is 35.4 Å². The fraction of sp³-hybridized carbons (Fsp3) is 0.250. The lowest BCUT2D eigenvalue weighted by atomic mass is 10.00. The average Bonchev–Trinajstić information content (AvgIpc) is 2.29. The van der Waals surface area contributed by atoms with E-state index in [1.807, 2.05) is 6.92 Å². The number of hydrogen-bond acceptors (Lipinski definition) is 3. The molecule has 0 aliphatic carbocycles. The molecule has 78 valence electrons. The van der Waals surface area contributed by atoms with Crippen LogP contribution < -0.4 is 9.47 Å². The molecule has 0 spiro atoms. The molecule has 15 heavy (non-hydrogen) atoms. The Bertz CT molecular complexity index is 432. The first-order chi connectivity index (χ1) is 7.27. The van der Waals surface area contributed by atoms with Crippen molar-refractivity contribution in [2.45, 2.75) is 6.92 Å². The van der Waals surface area contributed by atoms with Crippen LogP contribution in [-0.2, 0) is 0 Å². The van der Waals surface area contributed by atoms with Crippen LogP contribution >= 0.6 is 0 Å². The first kappa shape index (κ1) is 9.77. The standard InChI is InChI=1S/C12H12O3/c1-3-8-7-15-12-9(11(8)13)5-4-6-10(12)14-2/h3-6H,7H2,1-2H3/b8-3+. The molecule has 1 aliphatic rings. The van der Waals surface area contributed by atoms with Crippen LogP contribution in [0.1, 0.15) is 17.3 Å². The molecule has 1 aromatic rings. The number of benzene rings is 1. The minimum Gasteiger partial charge on any atom is -0.493 e. The molecule has 0 atom stereocenters. The van der Waals surface area contributed by atoms with E-state index in [0.717, 1.165) is 0 Å². The maximum absolute atomic E-state index is 11.9. The number of para-hydroxylation sites is 1. The Morgan fingerprint density at radius 1 is 1.47 bits per heavy atom. The van der Waals surface area contributed by atoms with E-state index in [1.54, 1.807) is 31.4 Å². The van der Waals surface area contributed by atoms with Gasteiger partial charge in [-0.15, -0.1) is 0 Å². The third-order valence-corrected chi connectivity index (χ3v) is 2.46. The quantitative estimate of drug-likeness (QED) is 0.658. The van der Waals surface area contributed by atoms with Crippen molar-refractivity contribution in [2.75, 3.05) is 13.7 Å². The van der Waals surface area contributed by atoms with E-state index in [4.69, 9.17) is 9.47 Å². The normalized spacial score (nSPS) is 17.2. The summed E-state index contributed by atoms with van der Waals surface area (Å²) in [4.78, 5) is 11.9. The molecule has 3 heteroatoms. The van der Waals surface area contributed by atoms with Crippen LogP contribution in [0.4, 0.5) is 0 Å². The topological polar surface area (TPSA) is 35.5 Å². The van der Waals surface area contributed by atoms with Crippen molar-refractivity contribution >= 4 is 5.78 Å². The first-order valence-electron chi connectivity index (χ1n) is 4.77. The summed E-state index contributed by atoms with van der Waals surface area (Å²) in [7, 11) is 1.56. The van der Waals surface area contributed by atoms with Crippen LogP contribution in [0.25, 0.3) is 0 Å². The van der Waals surface area contributed by atoms with Gasteiger partial charge in [0.15, 0.2) is 17.3 Å². The van der Waals surface area contributed by atoms with Gasteiger partial charge in [0, 0.05) is 5.57 Å². The zero-order valence-electron chi connectivity index (χ0n) is 8.74. The van der Waals surface area contributed by atoms with Gasteiger partial charge in [-0.2, -0.15) is 0 Å². The summed E-state index contributed by atoms with van der Waals surface area (Å²) in [6, 6.07) is 5.33. The van der Waals surface area contributed by atoms with E-state index in [1.165, 1.54) is 0 Å². The molecule has 0 amide bonds. The summed E-state index contributed by atoms with van der Waals surface area (Å²) in [6.45, 7) is 2.16. The van der Waals surface area contributed by atoms with Gasteiger partial charge in [-0.3, -0.25) is 4.79 Å². The predicted molar refractivity (Wildman–Crippen MR) is 56.6 cm³/mol. The number of fused-ring (bicyclic) bond motifs is 1. The lowest BCUT2D eigenvalue weighted by molar-refractivity contribution is 0.0997. The van der Waals surface area contributed by atoms with Crippen molar-refractivity contribution in [3.8, 4) is 11.5 Å². The first-order valence-corrected chi connectivity index (χ1v) is 4.77. The number of rotatable bonds is 1. The highest BCUT2D eigenvalue weighted by Crippen LogP contribution is 2.35. The number of carbonyl (C=O) groups excluding carboxylic acids is 1. The highest BCUT2D eigenvalue weighted by molar-refractivity contribution is 6.12. The molecule has 0 saturated carbocycles. The highest BCUT2D eigenvalue weighted by atomic mass is 16.5. The van der Waals surface area contributed by atoms with Gasteiger partial charge in [-0.25, -0.2) is 0 Å². The molecule has 3 nitrogen and oxygen atoms in total. The van der Waals surface area contributed by atoms with Crippen molar-refractivity contribution in [3.63, 3.8) is 0 Å². The Hall–Kier alpha value is -1.77. The third kappa shape index (κ3) is 1.50. The Morgan fingerprint density at radius 2 is 2.27 bits per heavy atom. The summed E-state index contributed by atoms with van der Waals surface area (Å²) in [5.74, 6) is 1.18.